The van der Waals surface area contributed by atoms with E-state index in [1.807, 2.05) is 0 Å². The van der Waals surface area contributed by atoms with Crippen LogP contribution in [0.1, 0.15) is 54.0 Å². The fourth-order valence-corrected chi connectivity index (χ4v) is 5.34. The molecule has 0 bridgehead atoms. The van der Waals surface area contributed by atoms with Gasteiger partial charge < -0.3 is 15.4 Å². The SMILES string of the molecule is CCc1ccc(C2c3ccc(N(C)C)cc3CC(OCCCN)C2Br)cc1CC. The number of halogens is 1. The molecule has 0 aromatic heterocycles. The Kier molecular flexibility index (Phi) is 7.78. The smallest absolute Gasteiger partial charge is 0.0749 e. The highest BCUT2D eigenvalue weighted by Crippen LogP contribution is 2.43. The van der Waals surface area contributed by atoms with Gasteiger partial charge in [-0.2, -0.15) is 0 Å². The van der Waals surface area contributed by atoms with E-state index < -0.39 is 0 Å². The van der Waals surface area contributed by atoms with Crippen molar-refractivity contribution >= 4 is 21.6 Å². The zero-order chi connectivity index (χ0) is 21.0. The molecular formula is C25H35BrN2O. The summed E-state index contributed by atoms with van der Waals surface area (Å²) in [4.78, 5) is 2.42. The molecule has 2 aromatic carbocycles. The summed E-state index contributed by atoms with van der Waals surface area (Å²) in [5.41, 5.74) is 14.0. The second-order valence-electron chi connectivity index (χ2n) is 8.19. The Morgan fingerprint density at radius 1 is 1.07 bits per heavy atom. The van der Waals surface area contributed by atoms with E-state index >= 15 is 0 Å². The Hall–Kier alpha value is -1.36. The number of fused-ring (bicyclic) bond motifs is 1. The highest BCUT2D eigenvalue weighted by atomic mass is 79.9. The largest absolute Gasteiger partial charge is 0.378 e. The molecule has 3 rings (SSSR count). The molecule has 3 atom stereocenters. The molecule has 158 valence electrons. The molecule has 3 nitrogen and oxygen atoms in total. The van der Waals surface area contributed by atoms with E-state index in [0.717, 1.165) is 25.7 Å². The number of aryl methyl sites for hydroxylation is 2. The van der Waals surface area contributed by atoms with Crippen LogP contribution in [0.3, 0.4) is 0 Å². The van der Waals surface area contributed by atoms with Gasteiger partial charge in [0.1, 0.15) is 0 Å². The fraction of sp³-hybridized carbons (Fsp3) is 0.520. The molecule has 0 saturated heterocycles. The first-order valence-corrected chi connectivity index (χ1v) is 11.8. The van der Waals surface area contributed by atoms with Gasteiger partial charge in [-0.15, -0.1) is 0 Å². The van der Waals surface area contributed by atoms with Crippen LogP contribution in [0.5, 0.6) is 0 Å². The second kappa shape index (κ2) is 10.1. The molecule has 0 amide bonds. The minimum Gasteiger partial charge on any atom is -0.378 e. The van der Waals surface area contributed by atoms with E-state index in [1.165, 1.54) is 33.5 Å². The van der Waals surface area contributed by atoms with Crippen molar-refractivity contribution in [2.24, 2.45) is 5.73 Å². The number of alkyl halides is 1. The number of nitrogens with two attached hydrogens (primary N) is 1. The monoisotopic (exact) mass is 458 g/mol. The van der Waals surface area contributed by atoms with Crippen LogP contribution in [-0.4, -0.2) is 38.2 Å². The van der Waals surface area contributed by atoms with Crippen molar-refractivity contribution in [3.63, 3.8) is 0 Å². The normalized spacial score (nSPS) is 21.1. The summed E-state index contributed by atoms with van der Waals surface area (Å²) in [6, 6.07) is 14.0. The molecule has 2 aromatic rings. The minimum atomic E-state index is 0.146. The average molecular weight is 459 g/mol. The molecule has 0 spiro atoms. The quantitative estimate of drug-likeness (QED) is 0.443. The lowest BCUT2D eigenvalue weighted by molar-refractivity contribution is 0.0460. The lowest BCUT2D eigenvalue weighted by Gasteiger charge is -2.37. The van der Waals surface area contributed by atoms with Crippen molar-refractivity contribution < 1.29 is 4.74 Å². The standard InChI is InChI=1S/C25H35BrN2O/c1-5-17-8-9-19(14-18(17)6-2)24-22-11-10-21(28(3)4)15-20(22)16-23(25(24)26)29-13-7-12-27/h8-11,14-15,23-25H,5-7,12-13,16,27H2,1-4H3. The third-order valence-electron chi connectivity index (χ3n) is 6.10. The summed E-state index contributed by atoms with van der Waals surface area (Å²) >= 11 is 4.04. The molecule has 1 aliphatic carbocycles. The predicted octanol–water partition coefficient (Wildman–Crippen LogP) is 5.06. The van der Waals surface area contributed by atoms with Crippen LogP contribution in [0.25, 0.3) is 0 Å². The number of nitrogens with zero attached hydrogens (tertiary/aromatic N) is 1. The van der Waals surface area contributed by atoms with E-state index in [-0.39, 0.29) is 16.8 Å². The first kappa shape index (κ1) is 22.3. The Morgan fingerprint density at radius 2 is 1.83 bits per heavy atom. The molecule has 0 fully saturated rings. The Morgan fingerprint density at radius 3 is 2.48 bits per heavy atom. The zero-order valence-corrected chi connectivity index (χ0v) is 19.8. The summed E-state index contributed by atoms with van der Waals surface area (Å²) < 4.78 is 6.31. The van der Waals surface area contributed by atoms with Crippen LogP contribution in [0.15, 0.2) is 36.4 Å². The van der Waals surface area contributed by atoms with Crippen LogP contribution in [-0.2, 0) is 24.0 Å². The van der Waals surface area contributed by atoms with Gasteiger partial charge in [0.2, 0.25) is 0 Å². The second-order valence-corrected chi connectivity index (χ2v) is 9.25. The van der Waals surface area contributed by atoms with Gasteiger partial charge in [-0.25, -0.2) is 0 Å². The summed E-state index contributed by atoms with van der Waals surface area (Å²) in [7, 11) is 4.20. The third kappa shape index (κ3) is 4.87. The Labute approximate surface area is 184 Å². The molecule has 0 radical (unpaired) electrons. The van der Waals surface area contributed by atoms with Crippen LogP contribution >= 0.6 is 15.9 Å². The lowest BCUT2D eigenvalue weighted by atomic mass is 9.76. The summed E-state index contributed by atoms with van der Waals surface area (Å²) in [5, 5.41) is 0. The van der Waals surface area contributed by atoms with Gasteiger partial charge in [-0.3, -0.25) is 0 Å². The number of ether oxygens (including phenoxy) is 1. The predicted molar refractivity (Wildman–Crippen MR) is 128 cm³/mol. The molecular weight excluding hydrogens is 424 g/mol. The van der Waals surface area contributed by atoms with Crippen molar-refractivity contribution in [1.29, 1.82) is 0 Å². The molecule has 0 saturated carbocycles. The van der Waals surface area contributed by atoms with Crippen molar-refractivity contribution in [2.45, 2.75) is 56.4 Å². The van der Waals surface area contributed by atoms with Gasteiger partial charge in [0.05, 0.1) is 10.9 Å². The van der Waals surface area contributed by atoms with Crippen molar-refractivity contribution in [1.82, 2.24) is 0 Å². The van der Waals surface area contributed by atoms with E-state index in [9.17, 15) is 0 Å². The first-order valence-electron chi connectivity index (χ1n) is 10.9. The number of anilines is 1. The van der Waals surface area contributed by atoms with Crippen molar-refractivity contribution in [3.05, 3.63) is 64.2 Å². The van der Waals surface area contributed by atoms with Crippen LogP contribution in [0.2, 0.25) is 0 Å². The number of rotatable bonds is 8. The maximum atomic E-state index is 6.31. The molecule has 29 heavy (non-hydrogen) atoms. The van der Waals surface area contributed by atoms with Crippen LogP contribution < -0.4 is 10.6 Å². The number of hydrogen-bond acceptors (Lipinski definition) is 3. The fourth-order valence-electron chi connectivity index (χ4n) is 4.41. The maximum Gasteiger partial charge on any atom is 0.0749 e. The van der Waals surface area contributed by atoms with Gasteiger partial charge in [-0.05, 0) is 65.8 Å². The van der Waals surface area contributed by atoms with Gasteiger partial charge in [0, 0.05) is 38.7 Å². The first-order chi connectivity index (χ1) is 14.0. The summed E-state index contributed by atoms with van der Waals surface area (Å²) in [5.74, 6) is 0.286. The molecule has 4 heteroatoms. The van der Waals surface area contributed by atoms with Gasteiger partial charge >= 0.3 is 0 Å². The average Bonchev–Trinajstić information content (AvgIpc) is 2.73. The van der Waals surface area contributed by atoms with Gasteiger partial charge in [0.15, 0.2) is 0 Å². The van der Waals surface area contributed by atoms with E-state index in [1.54, 1.807) is 0 Å². The van der Waals surface area contributed by atoms with Crippen molar-refractivity contribution in [2.75, 3.05) is 32.1 Å². The minimum absolute atomic E-state index is 0.146. The van der Waals surface area contributed by atoms with E-state index in [0.29, 0.717) is 13.2 Å². The van der Waals surface area contributed by atoms with Crippen LogP contribution in [0.4, 0.5) is 5.69 Å². The highest BCUT2D eigenvalue weighted by Gasteiger charge is 2.37. The number of benzene rings is 2. The highest BCUT2D eigenvalue weighted by molar-refractivity contribution is 9.09. The molecule has 0 heterocycles. The lowest BCUT2D eigenvalue weighted by Crippen LogP contribution is -2.37. The van der Waals surface area contributed by atoms with Crippen molar-refractivity contribution in [3.8, 4) is 0 Å². The summed E-state index contributed by atoms with van der Waals surface area (Å²) in [6.07, 6.45) is 4.13. The summed E-state index contributed by atoms with van der Waals surface area (Å²) in [6.45, 7) is 5.87. The Bertz CT molecular complexity index is 820. The molecule has 0 aliphatic heterocycles. The van der Waals surface area contributed by atoms with E-state index in [4.69, 9.17) is 10.5 Å². The Balaban J connectivity index is 2.04. The maximum absolute atomic E-state index is 6.31. The van der Waals surface area contributed by atoms with Gasteiger partial charge in [0.25, 0.3) is 0 Å². The van der Waals surface area contributed by atoms with Gasteiger partial charge in [-0.1, -0.05) is 54.0 Å². The number of hydrogen-bond donors (Lipinski definition) is 1. The van der Waals surface area contributed by atoms with Crippen LogP contribution in [0, 0.1) is 0 Å². The molecule has 3 unspecified atom stereocenters. The topological polar surface area (TPSA) is 38.5 Å². The third-order valence-corrected chi connectivity index (χ3v) is 7.22. The molecule has 2 N–H and O–H groups in total. The zero-order valence-electron chi connectivity index (χ0n) is 18.2. The molecule has 1 aliphatic rings. The van der Waals surface area contributed by atoms with E-state index in [2.05, 4.69) is 85.2 Å².